The Morgan fingerprint density at radius 2 is 0.885 bits per heavy atom. The van der Waals surface area contributed by atoms with Crippen LogP contribution in [0.5, 0.6) is 0 Å². The molecule has 0 aromatic heterocycles. The van der Waals surface area contributed by atoms with Gasteiger partial charge < -0.3 is 39.9 Å². The van der Waals surface area contributed by atoms with Gasteiger partial charge in [-0.25, -0.2) is 4.57 Å². The molecule has 0 spiro atoms. The van der Waals surface area contributed by atoms with Crippen molar-refractivity contribution in [1.29, 1.82) is 0 Å². The maximum atomic E-state index is 12.8. The van der Waals surface area contributed by atoms with Gasteiger partial charge in [-0.1, -0.05) is 166 Å². The third kappa shape index (κ3) is 30.0. The second-order valence-corrected chi connectivity index (χ2v) is 18.0. The average Bonchev–Trinajstić information content (AvgIpc) is 3.24. The van der Waals surface area contributed by atoms with Crippen LogP contribution in [0.25, 0.3) is 0 Å². The van der Waals surface area contributed by atoms with Crippen LogP contribution < -0.4 is 0 Å². The number of hydrogen-bond donors (Lipinski definition) is 6. The molecule has 0 bridgehead atoms. The van der Waals surface area contributed by atoms with Crippen LogP contribution in [0.4, 0.5) is 0 Å². The summed E-state index contributed by atoms with van der Waals surface area (Å²) < 4.78 is 33.5. The Bertz CT molecular complexity index is 1210. The van der Waals surface area contributed by atoms with Crippen molar-refractivity contribution in [2.45, 2.75) is 236 Å². The summed E-state index contributed by atoms with van der Waals surface area (Å²) in [6.45, 7) is 3.26. The predicted molar refractivity (Wildman–Crippen MR) is 240 cm³/mol. The normalized spacial score (nSPS) is 22.3. The minimum absolute atomic E-state index is 0.0963. The summed E-state index contributed by atoms with van der Waals surface area (Å²) in [4.78, 5) is 35.7. The molecule has 0 aromatic carbocycles. The van der Waals surface area contributed by atoms with Crippen LogP contribution in [0.2, 0.25) is 0 Å². The number of hydrogen-bond acceptors (Lipinski definition) is 12. The van der Waals surface area contributed by atoms with E-state index in [0.29, 0.717) is 12.8 Å². The lowest BCUT2D eigenvalue weighted by atomic mass is 9.85. The van der Waals surface area contributed by atoms with Crippen LogP contribution in [0, 0.1) is 0 Å². The van der Waals surface area contributed by atoms with Gasteiger partial charge in [0, 0.05) is 12.8 Å². The Hall–Kier alpha value is -1.93. The molecule has 0 heterocycles. The van der Waals surface area contributed by atoms with Gasteiger partial charge in [0.05, 0.1) is 6.61 Å². The molecule has 1 aliphatic carbocycles. The van der Waals surface area contributed by atoms with Gasteiger partial charge in [0.25, 0.3) is 0 Å². The molecule has 61 heavy (non-hydrogen) atoms. The van der Waals surface area contributed by atoms with E-state index in [1.54, 1.807) is 0 Å². The van der Waals surface area contributed by atoms with Crippen molar-refractivity contribution in [1.82, 2.24) is 0 Å². The highest BCUT2D eigenvalue weighted by Crippen LogP contribution is 2.47. The molecule has 1 rings (SSSR count). The zero-order valence-electron chi connectivity index (χ0n) is 37.7. The van der Waals surface area contributed by atoms with Gasteiger partial charge in [0.15, 0.2) is 6.10 Å². The maximum Gasteiger partial charge on any atom is 0.472 e. The quantitative estimate of drug-likeness (QED) is 0.0147. The van der Waals surface area contributed by atoms with E-state index < -0.39 is 75.7 Å². The number of allylic oxidation sites excluding steroid dienone is 6. The first kappa shape index (κ1) is 57.1. The van der Waals surface area contributed by atoms with Crippen molar-refractivity contribution in [3.8, 4) is 0 Å². The van der Waals surface area contributed by atoms with Gasteiger partial charge in [-0.05, 0) is 51.4 Å². The molecule has 356 valence electrons. The van der Waals surface area contributed by atoms with Gasteiger partial charge in [0.1, 0.15) is 43.2 Å². The standard InChI is InChI=1S/C47H85O13P/c1-3-5-7-9-11-13-15-17-18-19-20-21-22-24-25-27-29-31-33-35-40(48)57-37-39(38-58-61(55,56)60-47-45(53)43(51)42(50)44(52)46(47)54)59-41(49)36-34-32-30-28-26-23-16-14-12-10-8-6-4-2/h11,13,17-18,20-21,39,42-47,50-54H,3-10,12,14-16,19,22-38H2,1-2H3,(H,55,56)/t39-,42?,43-,44?,45?,46?,47?/m1/s1. The summed E-state index contributed by atoms with van der Waals surface area (Å²) in [7, 11) is -5.12. The second-order valence-electron chi connectivity index (χ2n) is 16.6. The van der Waals surface area contributed by atoms with Gasteiger partial charge in [0.2, 0.25) is 0 Å². The van der Waals surface area contributed by atoms with E-state index in [1.165, 1.54) is 77.0 Å². The molecule has 1 saturated carbocycles. The van der Waals surface area contributed by atoms with Crippen molar-refractivity contribution >= 4 is 19.8 Å². The Labute approximate surface area is 368 Å². The fourth-order valence-corrected chi connectivity index (χ4v) is 8.09. The number of carbonyl (C=O) groups excluding carboxylic acids is 2. The summed E-state index contributed by atoms with van der Waals surface area (Å²) >= 11 is 0. The lowest BCUT2D eigenvalue weighted by molar-refractivity contribution is -0.220. The largest absolute Gasteiger partial charge is 0.472 e. The lowest BCUT2D eigenvalue weighted by Gasteiger charge is -2.41. The molecule has 0 aliphatic heterocycles. The summed E-state index contributed by atoms with van der Waals surface area (Å²) in [5, 5.41) is 50.1. The number of aliphatic hydroxyl groups excluding tert-OH is 5. The molecule has 6 unspecified atom stereocenters. The van der Waals surface area contributed by atoms with E-state index in [9.17, 15) is 44.6 Å². The summed E-state index contributed by atoms with van der Waals surface area (Å²) in [6.07, 6.45) is 29.1. The first-order valence-corrected chi connectivity index (χ1v) is 25.3. The van der Waals surface area contributed by atoms with Crippen molar-refractivity contribution in [2.24, 2.45) is 0 Å². The van der Waals surface area contributed by atoms with Gasteiger partial charge >= 0.3 is 19.8 Å². The van der Waals surface area contributed by atoms with E-state index in [1.807, 2.05) is 0 Å². The Morgan fingerprint density at radius 3 is 1.38 bits per heavy atom. The number of phosphoric ester groups is 1. The van der Waals surface area contributed by atoms with E-state index in [2.05, 4.69) is 50.3 Å². The Balaban J connectivity index is 2.44. The fourth-order valence-electron chi connectivity index (χ4n) is 7.12. The maximum absolute atomic E-state index is 12.8. The van der Waals surface area contributed by atoms with Crippen molar-refractivity contribution in [3.05, 3.63) is 36.5 Å². The minimum atomic E-state index is -5.12. The van der Waals surface area contributed by atoms with Crippen LogP contribution in [-0.2, 0) is 32.7 Å². The highest BCUT2D eigenvalue weighted by molar-refractivity contribution is 7.47. The summed E-state index contributed by atoms with van der Waals surface area (Å²) in [5.41, 5.74) is 0. The Kier molecular flexibility index (Phi) is 35.0. The summed E-state index contributed by atoms with van der Waals surface area (Å²) in [6, 6.07) is 0. The molecule has 0 aromatic rings. The van der Waals surface area contributed by atoms with Crippen LogP contribution in [-0.4, -0.2) is 98.3 Å². The zero-order valence-corrected chi connectivity index (χ0v) is 38.6. The van der Waals surface area contributed by atoms with Gasteiger partial charge in [-0.15, -0.1) is 0 Å². The smallest absolute Gasteiger partial charge is 0.462 e. The molecule has 8 atom stereocenters. The molecular weight excluding hydrogens is 803 g/mol. The zero-order chi connectivity index (χ0) is 45.0. The van der Waals surface area contributed by atoms with Crippen molar-refractivity contribution in [3.63, 3.8) is 0 Å². The number of carbonyl (C=O) groups is 2. The lowest BCUT2D eigenvalue weighted by Crippen LogP contribution is -2.64. The molecule has 1 fully saturated rings. The highest BCUT2D eigenvalue weighted by Gasteiger charge is 2.51. The average molecular weight is 889 g/mol. The topological polar surface area (TPSA) is 210 Å². The molecule has 0 saturated heterocycles. The SMILES string of the molecule is CCCCCC=CCC=CCC=CCCCCCCCCC(=O)OC[C@H](COP(=O)(O)OC1C(O)C(O)C(O)[C@@H](O)C1O)OC(=O)CCCCCCCCCCCCCCC. The van der Waals surface area contributed by atoms with Crippen LogP contribution in [0.1, 0.15) is 194 Å². The molecule has 0 radical (unpaired) electrons. The molecular formula is C47H85O13P. The van der Waals surface area contributed by atoms with Gasteiger partial charge in [-0.3, -0.25) is 18.6 Å². The monoisotopic (exact) mass is 889 g/mol. The molecule has 0 amide bonds. The van der Waals surface area contributed by atoms with E-state index in [-0.39, 0.29) is 12.8 Å². The first-order chi connectivity index (χ1) is 29.4. The van der Waals surface area contributed by atoms with Crippen LogP contribution in [0.15, 0.2) is 36.5 Å². The number of aliphatic hydroxyl groups is 5. The predicted octanol–water partition coefficient (Wildman–Crippen LogP) is 9.39. The molecule has 1 aliphatic rings. The van der Waals surface area contributed by atoms with Crippen molar-refractivity contribution in [2.75, 3.05) is 13.2 Å². The minimum Gasteiger partial charge on any atom is -0.462 e. The van der Waals surface area contributed by atoms with E-state index in [0.717, 1.165) is 77.0 Å². The van der Waals surface area contributed by atoms with Gasteiger partial charge in [-0.2, -0.15) is 0 Å². The molecule has 14 heteroatoms. The molecule has 13 nitrogen and oxygen atoms in total. The highest BCUT2D eigenvalue weighted by atomic mass is 31.2. The number of esters is 2. The number of phosphoric acid groups is 1. The third-order valence-electron chi connectivity index (χ3n) is 11.0. The second kappa shape index (κ2) is 37.4. The first-order valence-electron chi connectivity index (χ1n) is 23.8. The van der Waals surface area contributed by atoms with Crippen LogP contribution in [0.3, 0.4) is 0 Å². The number of rotatable bonds is 39. The van der Waals surface area contributed by atoms with Crippen LogP contribution >= 0.6 is 7.82 Å². The van der Waals surface area contributed by atoms with Crippen molar-refractivity contribution < 1.29 is 63.1 Å². The number of ether oxygens (including phenoxy) is 2. The number of unbranched alkanes of at least 4 members (excludes halogenated alkanes) is 21. The fraction of sp³-hybridized carbons (Fsp3) is 0.830. The third-order valence-corrected chi connectivity index (χ3v) is 12.0. The van der Waals surface area contributed by atoms with E-state index in [4.69, 9.17) is 18.5 Å². The summed E-state index contributed by atoms with van der Waals surface area (Å²) in [5.74, 6) is -1.11. The Morgan fingerprint density at radius 1 is 0.508 bits per heavy atom. The van der Waals surface area contributed by atoms with E-state index >= 15 is 0 Å². The molecule has 6 N–H and O–H groups in total.